The van der Waals surface area contributed by atoms with Gasteiger partial charge in [-0.1, -0.05) is 6.42 Å². The molecule has 0 amide bonds. The van der Waals surface area contributed by atoms with Crippen LogP contribution in [0, 0.1) is 0 Å². The quantitative estimate of drug-likeness (QED) is 0.572. The Kier molecular flexibility index (Phi) is 4.12. The molecule has 0 radical (unpaired) electrons. The van der Waals surface area contributed by atoms with Crippen LogP contribution in [0.1, 0.15) is 47.0 Å². The van der Waals surface area contributed by atoms with Gasteiger partial charge in [-0.15, -0.1) is 11.3 Å². The van der Waals surface area contributed by atoms with Gasteiger partial charge in [-0.25, -0.2) is 14.8 Å². The number of rotatable bonds is 3. The van der Waals surface area contributed by atoms with Gasteiger partial charge in [0.1, 0.15) is 22.5 Å². The molecule has 1 aliphatic carbocycles. The molecule has 0 spiro atoms. The van der Waals surface area contributed by atoms with Crippen LogP contribution in [0.15, 0.2) is 12.5 Å². The molecule has 130 valence electrons. The van der Waals surface area contributed by atoms with Crippen molar-refractivity contribution in [1.82, 2.24) is 19.7 Å². The van der Waals surface area contributed by atoms with Crippen molar-refractivity contribution in [2.75, 3.05) is 12.3 Å². The van der Waals surface area contributed by atoms with Crippen LogP contribution >= 0.6 is 11.3 Å². The Balaban J connectivity index is 1.88. The number of hydrogen-bond donors (Lipinski definition) is 1. The van der Waals surface area contributed by atoms with Crippen molar-refractivity contribution in [2.24, 2.45) is 0 Å². The standard InChI is InChI=1S/C17H19N5O2S/c1-2-24-17(23)11-8-21-22(14(11)18)15-13-10-6-4-3-5-7-12(10)25-16(13)20-9-19-15/h8-9H,2-7,18H2,1H3. The molecule has 1 aliphatic rings. The molecule has 8 heteroatoms. The minimum atomic E-state index is -0.472. The van der Waals surface area contributed by atoms with Gasteiger partial charge in [-0.3, -0.25) is 0 Å². The average molecular weight is 357 g/mol. The predicted molar refractivity (Wildman–Crippen MR) is 96.2 cm³/mol. The summed E-state index contributed by atoms with van der Waals surface area (Å²) in [4.78, 5) is 23.2. The van der Waals surface area contributed by atoms with E-state index in [4.69, 9.17) is 10.5 Å². The van der Waals surface area contributed by atoms with Crippen LogP contribution in [-0.2, 0) is 17.6 Å². The molecule has 0 atom stereocenters. The first-order valence-corrected chi connectivity index (χ1v) is 9.28. The van der Waals surface area contributed by atoms with E-state index >= 15 is 0 Å². The number of ether oxygens (including phenoxy) is 1. The SMILES string of the molecule is CCOC(=O)c1cnn(-c2ncnc3sc4c(c23)CCCCC4)c1N. The number of aromatic nitrogens is 4. The zero-order chi connectivity index (χ0) is 17.4. The highest BCUT2D eigenvalue weighted by molar-refractivity contribution is 7.18. The third-order valence-electron chi connectivity index (χ3n) is 4.48. The molecule has 0 saturated heterocycles. The molecule has 3 aromatic heterocycles. The molecule has 0 aromatic carbocycles. The van der Waals surface area contributed by atoms with Crippen molar-refractivity contribution >= 4 is 33.3 Å². The Bertz CT molecular complexity index is 946. The first-order chi connectivity index (χ1) is 12.2. The van der Waals surface area contributed by atoms with E-state index in [-0.39, 0.29) is 11.4 Å². The number of fused-ring (bicyclic) bond motifs is 3. The molecule has 0 bridgehead atoms. The van der Waals surface area contributed by atoms with Crippen LogP contribution in [0.5, 0.6) is 0 Å². The average Bonchev–Trinajstić information content (AvgIpc) is 3.07. The molecule has 0 fully saturated rings. The highest BCUT2D eigenvalue weighted by Crippen LogP contribution is 2.37. The van der Waals surface area contributed by atoms with E-state index in [1.165, 1.54) is 40.5 Å². The topological polar surface area (TPSA) is 95.9 Å². The highest BCUT2D eigenvalue weighted by Gasteiger charge is 2.23. The van der Waals surface area contributed by atoms with Crippen molar-refractivity contribution in [1.29, 1.82) is 0 Å². The van der Waals surface area contributed by atoms with Crippen LogP contribution < -0.4 is 5.73 Å². The third-order valence-corrected chi connectivity index (χ3v) is 5.68. The fourth-order valence-electron chi connectivity index (χ4n) is 3.30. The van der Waals surface area contributed by atoms with Gasteiger partial charge in [0.05, 0.1) is 18.2 Å². The Labute approximate surface area is 148 Å². The van der Waals surface area contributed by atoms with E-state index in [0.29, 0.717) is 12.4 Å². The van der Waals surface area contributed by atoms with Gasteiger partial charge in [0.2, 0.25) is 0 Å². The molecule has 3 aromatic rings. The molecule has 3 heterocycles. The van der Waals surface area contributed by atoms with E-state index in [0.717, 1.165) is 29.5 Å². The van der Waals surface area contributed by atoms with Crippen LogP contribution in [0.25, 0.3) is 16.0 Å². The van der Waals surface area contributed by atoms with Crippen LogP contribution in [-0.4, -0.2) is 32.3 Å². The van der Waals surface area contributed by atoms with Crippen molar-refractivity contribution in [3.8, 4) is 5.82 Å². The second-order valence-electron chi connectivity index (χ2n) is 6.02. The zero-order valence-corrected chi connectivity index (χ0v) is 14.8. The van der Waals surface area contributed by atoms with Crippen molar-refractivity contribution in [2.45, 2.75) is 39.0 Å². The monoisotopic (exact) mass is 357 g/mol. The number of thiophene rings is 1. The summed E-state index contributed by atoms with van der Waals surface area (Å²) < 4.78 is 6.56. The maximum Gasteiger partial charge on any atom is 0.343 e. The van der Waals surface area contributed by atoms with Gasteiger partial charge in [0.25, 0.3) is 0 Å². The number of anilines is 1. The number of nitrogen functional groups attached to an aromatic ring is 1. The van der Waals surface area contributed by atoms with Gasteiger partial charge >= 0.3 is 5.97 Å². The minimum absolute atomic E-state index is 0.243. The maximum absolute atomic E-state index is 12.0. The summed E-state index contributed by atoms with van der Waals surface area (Å²) in [5.74, 6) is 0.408. The molecular weight excluding hydrogens is 338 g/mol. The fraction of sp³-hybridized carbons (Fsp3) is 0.412. The third kappa shape index (κ3) is 2.66. The number of aryl methyl sites for hydroxylation is 2. The molecule has 0 saturated carbocycles. The number of carbonyl (C=O) groups is 1. The normalized spacial score (nSPS) is 14.3. The summed E-state index contributed by atoms with van der Waals surface area (Å²) in [6.45, 7) is 2.05. The predicted octanol–water partition coefficient (Wildman–Crippen LogP) is 2.90. The van der Waals surface area contributed by atoms with Crippen LogP contribution in [0.4, 0.5) is 5.82 Å². The molecule has 25 heavy (non-hydrogen) atoms. The molecule has 4 rings (SSSR count). The molecular formula is C17H19N5O2S. The van der Waals surface area contributed by atoms with Gasteiger partial charge in [-0.2, -0.15) is 9.78 Å². The van der Waals surface area contributed by atoms with Crippen LogP contribution in [0.3, 0.4) is 0 Å². The number of nitrogens with two attached hydrogens (primary N) is 1. The van der Waals surface area contributed by atoms with E-state index in [1.54, 1.807) is 18.3 Å². The fourth-order valence-corrected chi connectivity index (χ4v) is 4.53. The Morgan fingerprint density at radius 1 is 1.32 bits per heavy atom. The Hall–Kier alpha value is -2.48. The lowest BCUT2D eigenvalue weighted by molar-refractivity contribution is 0.0527. The van der Waals surface area contributed by atoms with E-state index < -0.39 is 5.97 Å². The van der Waals surface area contributed by atoms with Gasteiger partial charge in [0.15, 0.2) is 5.82 Å². The first-order valence-electron chi connectivity index (χ1n) is 8.47. The van der Waals surface area contributed by atoms with Gasteiger partial charge < -0.3 is 10.5 Å². The largest absolute Gasteiger partial charge is 0.462 e. The number of hydrogen-bond acceptors (Lipinski definition) is 7. The lowest BCUT2D eigenvalue weighted by Crippen LogP contribution is -2.10. The van der Waals surface area contributed by atoms with E-state index in [2.05, 4.69) is 15.1 Å². The van der Waals surface area contributed by atoms with Crippen LogP contribution in [0.2, 0.25) is 0 Å². The molecule has 7 nitrogen and oxygen atoms in total. The molecule has 0 aliphatic heterocycles. The summed E-state index contributed by atoms with van der Waals surface area (Å²) in [5.41, 5.74) is 7.74. The second kappa shape index (κ2) is 6.44. The summed E-state index contributed by atoms with van der Waals surface area (Å²) in [5, 5.41) is 5.31. The number of carbonyl (C=O) groups excluding carboxylic acids is 1. The number of esters is 1. The van der Waals surface area contributed by atoms with E-state index in [1.807, 2.05) is 0 Å². The maximum atomic E-state index is 12.0. The lowest BCUT2D eigenvalue weighted by atomic mass is 10.1. The molecule has 2 N–H and O–H groups in total. The Morgan fingerprint density at radius 2 is 2.16 bits per heavy atom. The highest BCUT2D eigenvalue weighted by atomic mass is 32.1. The first kappa shape index (κ1) is 16.0. The lowest BCUT2D eigenvalue weighted by Gasteiger charge is -2.07. The second-order valence-corrected chi connectivity index (χ2v) is 7.10. The molecule has 0 unspecified atom stereocenters. The van der Waals surface area contributed by atoms with Crippen molar-refractivity contribution in [3.63, 3.8) is 0 Å². The van der Waals surface area contributed by atoms with Gasteiger partial charge in [-0.05, 0) is 38.2 Å². The Morgan fingerprint density at radius 3 is 3.00 bits per heavy atom. The summed E-state index contributed by atoms with van der Waals surface area (Å²) in [6, 6.07) is 0. The minimum Gasteiger partial charge on any atom is -0.462 e. The number of nitrogens with zero attached hydrogens (tertiary/aromatic N) is 4. The van der Waals surface area contributed by atoms with E-state index in [9.17, 15) is 4.79 Å². The van der Waals surface area contributed by atoms with Crippen molar-refractivity contribution in [3.05, 3.63) is 28.5 Å². The van der Waals surface area contributed by atoms with Gasteiger partial charge in [0, 0.05) is 4.88 Å². The van der Waals surface area contributed by atoms with Crippen molar-refractivity contribution < 1.29 is 9.53 Å². The summed E-state index contributed by atoms with van der Waals surface area (Å²) in [6.07, 6.45) is 8.67. The summed E-state index contributed by atoms with van der Waals surface area (Å²) >= 11 is 1.72. The smallest absolute Gasteiger partial charge is 0.343 e. The summed E-state index contributed by atoms with van der Waals surface area (Å²) in [7, 11) is 0. The zero-order valence-electron chi connectivity index (χ0n) is 14.0.